The van der Waals surface area contributed by atoms with Crippen molar-refractivity contribution in [2.75, 3.05) is 36.9 Å². The van der Waals surface area contributed by atoms with Gasteiger partial charge in [-0.15, -0.1) is 0 Å². The van der Waals surface area contributed by atoms with Gasteiger partial charge in [-0.25, -0.2) is 4.39 Å². The Morgan fingerprint density at radius 2 is 2.32 bits per heavy atom. The Labute approximate surface area is 113 Å². The number of nitrogen functional groups attached to an aromatic ring is 1. The summed E-state index contributed by atoms with van der Waals surface area (Å²) < 4.78 is 18.9. The van der Waals surface area contributed by atoms with E-state index in [1.807, 2.05) is 6.92 Å². The van der Waals surface area contributed by atoms with Crippen LogP contribution in [0.4, 0.5) is 15.8 Å². The highest BCUT2D eigenvalue weighted by molar-refractivity contribution is 5.70. The lowest BCUT2D eigenvalue weighted by molar-refractivity contribution is 0.208. The van der Waals surface area contributed by atoms with Crippen molar-refractivity contribution >= 4 is 11.4 Å². The molecule has 1 aliphatic rings. The molecule has 1 heterocycles. The molecule has 2 rings (SSSR count). The number of rotatable bonds is 4. The summed E-state index contributed by atoms with van der Waals surface area (Å²) in [6.45, 7) is 4.03. The molecule has 0 aromatic heterocycles. The van der Waals surface area contributed by atoms with Gasteiger partial charge >= 0.3 is 0 Å². The zero-order valence-corrected chi connectivity index (χ0v) is 11.2. The molecule has 0 spiro atoms. The zero-order chi connectivity index (χ0) is 13.8. The summed E-state index contributed by atoms with van der Waals surface area (Å²) in [5.74, 6) is 0.0605. The van der Waals surface area contributed by atoms with Crippen LogP contribution in [0.1, 0.15) is 19.8 Å². The first kappa shape index (κ1) is 13.9. The molecular weight excluding hydrogens is 247 g/mol. The number of aliphatic hydroxyl groups is 1. The smallest absolute Gasteiger partial charge is 0.167 e. The van der Waals surface area contributed by atoms with Crippen LogP contribution in [0.15, 0.2) is 12.1 Å². The van der Waals surface area contributed by atoms with Crippen molar-refractivity contribution in [1.82, 2.24) is 0 Å². The molecule has 0 saturated carbocycles. The van der Waals surface area contributed by atoms with Crippen LogP contribution in [0.3, 0.4) is 0 Å². The minimum absolute atomic E-state index is 0.177. The summed E-state index contributed by atoms with van der Waals surface area (Å²) in [4.78, 5) is 2.10. The summed E-state index contributed by atoms with van der Waals surface area (Å²) in [6.07, 6.45) is 2.03. The molecule has 5 heteroatoms. The average Bonchev–Trinajstić information content (AvgIpc) is 2.42. The van der Waals surface area contributed by atoms with E-state index in [0.29, 0.717) is 12.3 Å². The van der Waals surface area contributed by atoms with Gasteiger partial charge in [0.2, 0.25) is 0 Å². The molecule has 1 atom stereocenters. The van der Waals surface area contributed by atoms with Crippen molar-refractivity contribution in [2.24, 2.45) is 5.92 Å². The third-order valence-corrected chi connectivity index (χ3v) is 3.50. The Bertz CT molecular complexity index is 440. The second-order valence-corrected chi connectivity index (χ2v) is 4.91. The van der Waals surface area contributed by atoms with E-state index < -0.39 is 5.82 Å². The van der Waals surface area contributed by atoms with Gasteiger partial charge in [0.25, 0.3) is 0 Å². The number of aliphatic hydroxyl groups excluding tert-OH is 1. The third kappa shape index (κ3) is 3.10. The molecule has 106 valence electrons. The lowest BCUT2D eigenvalue weighted by Crippen LogP contribution is -2.37. The van der Waals surface area contributed by atoms with Crippen molar-refractivity contribution in [1.29, 1.82) is 0 Å². The van der Waals surface area contributed by atoms with Gasteiger partial charge < -0.3 is 20.5 Å². The molecule has 1 aliphatic heterocycles. The molecule has 1 aromatic carbocycles. The van der Waals surface area contributed by atoms with Crippen LogP contribution < -0.4 is 15.4 Å². The van der Waals surface area contributed by atoms with Gasteiger partial charge in [-0.2, -0.15) is 0 Å². The Hall–Kier alpha value is -1.49. The Kier molecular flexibility index (Phi) is 4.47. The van der Waals surface area contributed by atoms with Crippen molar-refractivity contribution < 1.29 is 14.2 Å². The van der Waals surface area contributed by atoms with Gasteiger partial charge in [0, 0.05) is 31.8 Å². The quantitative estimate of drug-likeness (QED) is 0.820. The van der Waals surface area contributed by atoms with Gasteiger partial charge in [-0.3, -0.25) is 0 Å². The number of ether oxygens (including phenoxy) is 1. The normalized spacial score (nSPS) is 19.5. The van der Waals surface area contributed by atoms with E-state index in [-0.39, 0.29) is 18.3 Å². The number of nitrogens with two attached hydrogens (primary N) is 1. The standard InChI is InChI=1S/C14H21FN2O2/c1-2-19-14-7-13(12(16)6-11(14)15)17-5-3-4-10(8-17)9-18/h6-7,10,18H,2-5,8-9,16H2,1H3. The molecule has 0 aliphatic carbocycles. The zero-order valence-electron chi connectivity index (χ0n) is 11.2. The SMILES string of the molecule is CCOc1cc(N2CCCC(CO)C2)c(N)cc1F. The number of halogens is 1. The Morgan fingerprint density at radius 3 is 3.00 bits per heavy atom. The summed E-state index contributed by atoms with van der Waals surface area (Å²) in [7, 11) is 0. The van der Waals surface area contributed by atoms with Gasteiger partial charge in [0.1, 0.15) is 0 Å². The summed E-state index contributed by atoms with van der Waals surface area (Å²) in [6, 6.07) is 2.97. The molecular formula is C14H21FN2O2. The summed E-state index contributed by atoms with van der Waals surface area (Å²) in [5.41, 5.74) is 7.12. The molecule has 1 fully saturated rings. The Morgan fingerprint density at radius 1 is 1.53 bits per heavy atom. The van der Waals surface area contributed by atoms with E-state index in [9.17, 15) is 9.50 Å². The molecule has 0 bridgehead atoms. The number of nitrogens with zero attached hydrogens (tertiary/aromatic N) is 1. The van der Waals surface area contributed by atoms with E-state index in [4.69, 9.17) is 10.5 Å². The van der Waals surface area contributed by atoms with Crippen LogP contribution in [0.25, 0.3) is 0 Å². The highest BCUT2D eigenvalue weighted by Crippen LogP contribution is 2.33. The van der Waals surface area contributed by atoms with Crippen LogP contribution in [0, 0.1) is 11.7 Å². The van der Waals surface area contributed by atoms with E-state index in [2.05, 4.69) is 4.90 Å². The molecule has 0 radical (unpaired) electrons. The lowest BCUT2D eigenvalue weighted by Gasteiger charge is -2.34. The molecule has 0 amide bonds. The maximum Gasteiger partial charge on any atom is 0.167 e. The largest absolute Gasteiger partial charge is 0.491 e. The number of hydrogen-bond acceptors (Lipinski definition) is 4. The molecule has 1 saturated heterocycles. The highest BCUT2D eigenvalue weighted by atomic mass is 19.1. The van der Waals surface area contributed by atoms with Crippen molar-refractivity contribution in [3.63, 3.8) is 0 Å². The second-order valence-electron chi connectivity index (χ2n) is 4.91. The first-order valence-corrected chi connectivity index (χ1v) is 6.73. The molecule has 3 N–H and O–H groups in total. The van der Waals surface area contributed by atoms with Crippen molar-refractivity contribution in [2.45, 2.75) is 19.8 Å². The Balaban J connectivity index is 2.25. The van der Waals surface area contributed by atoms with E-state index in [1.165, 1.54) is 6.07 Å². The van der Waals surface area contributed by atoms with Crippen LogP contribution in [0.5, 0.6) is 5.75 Å². The predicted molar refractivity (Wildman–Crippen MR) is 74.0 cm³/mol. The van der Waals surface area contributed by atoms with Gasteiger partial charge in [0.15, 0.2) is 11.6 Å². The maximum atomic E-state index is 13.7. The number of hydrogen-bond donors (Lipinski definition) is 2. The van der Waals surface area contributed by atoms with E-state index >= 15 is 0 Å². The highest BCUT2D eigenvalue weighted by Gasteiger charge is 2.22. The third-order valence-electron chi connectivity index (χ3n) is 3.50. The van der Waals surface area contributed by atoms with Gasteiger partial charge in [-0.1, -0.05) is 0 Å². The number of anilines is 2. The monoisotopic (exact) mass is 268 g/mol. The number of benzene rings is 1. The fourth-order valence-electron chi connectivity index (χ4n) is 2.53. The molecule has 4 nitrogen and oxygen atoms in total. The van der Waals surface area contributed by atoms with Crippen LogP contribution in [-0.2, 0) is 0 Å². The van der Waals surface area contributed by atoms with Crippen molar-refractivity contribution in [3.05, 3.63) is 17.9 Å². The molecule has 1 aromatic rings. The first-order valence-electron chi connectivity index (χ1n) is 6.73. The minimum Gasteiger partial charge on any atom is -0.491 e. The fraction of sp³-hybridized carbons (Fsp3) is 0.571. The lowest BCUT2D eigenvalue weighted by atomic mass is 9.98. The molecule has 1 unspecified atom stereocenters. The predicted octanol–water partition coefficient (Wildman–Crippen LogP) is 2.02. The second kappa shape index (κ2) is 6.10. The number of piperidine rings is 1. The van der Waals surface area contributed by atoms with Crippen LogP contribution in [-0.4, -0.2) is 31.4 Å². The summed E-state index contributed by atoms with van der Waals surface area (Å²) >= 11 is 0. The van der Waals surface area contributed by atoms with Gasteiger partial charge in [0.05, 0.1) is 18.0 Å². The van der Waals surface area contributed by atoms with Crippen molar-refractivity contribution in [3.8, 4) is 5.75 Å². The topological polar surface area (TPSA) is 58.7 Å². The minimum atomic E-state index is -0.432. The van der Waals surface area contributed by atoms with Gasteiger partial charge in [-0.05, 0) is 25.7 Å². The fourth-order valence-corrected chi connectivity index (χ4v) is 2.53. The van der Waals surface area contributed by atoms with E-state index in [0.717, 1.165) is 31.6 Å². The van der Waals surface area contributed by atoms with Crippen LogP contribution >= 0.6 is 0 Å². The first-order chi connectivity index (χ1) is 9.15. The van der Waals surface area contributed by atoms with E-state index in [1.54, 1.807) is 6.07 Å². The van der Waals surface area contributed by atoms with Crippen LogP contribution in [0.2, 0.25) is 0 Å². The molecule has 19 heavy (non-hydrogen) atoms. The average molecular weight is 268 g/mol. The summed E-state index contributed by atoms with van der Waals surface area (Å²) in [5, 5.41) is 9.27. The maximum absolute atomic E-state index is 13.7.